The molecule has 0 radical (unpaired) electrons. The van der Waals surface area contributed by atoms with E-state index in [0.717, 1.165) is 17.1 Å². The summed E-state index contributed by atoms with van der Waals surface area (Å²) in [6.45, 7) is 2.48. The highest BCUT2D eigenvalue weighted by Crippen LogP contribution is 2.30. The fourth-order valence-electron chi connectivity index (χ4n) is 2.37. The fraction of sp³-hybridized carbons (Fsp3) is 0.235. The van der Waals surface area contributed by atoms with Crippen molar-refractivity contribution in [3.63, 3.8) is 0 Å². The highest BCUT2D eigenvalue weighted by Gasteiger charge is 2.13. The number of aromatic nitrogens is 3. The predicted molar refractivity (Wildman–Crippen MR) is 96.0 cm³/mol. The van der Waals surface area contributed by atoms with Gasteiger partial charge in [0.05, 0.1) is 6.54 Å². The van der Waals surface area contributed by atoms with Gasteiger partial charge in [-0.3, -0.25) is 4.68 Å². The Bertz CT molecular complexity index is 854. The molecule has 2 aromatic heterocycles. The van der Waals surface area contributed by atoms with E-state index in [1.165, 1.54) is 16.8 Å². The third-order valence-corrected chi connectivity index (χ3v) is 4.83. The van der Waals surface area contributed by atoms with Gasteiger partial charge in [-0.2, -0.15) is 5.10 Å². The van der Waals surface area contributed by atoms with Crippen molar-refractivity contribution in [2.45, 2.75) is 13.5 Å². The SMILES string of the molecule is Cc1ccsc1-c1cccc(NC(=O)N(C)Cc2ncnn2C)c1. The van der Waals surface area contributed by atoms with E-state index in [4.69, 9.17) is 0 Å². The smallest absolute Gasteiger partial charge is 0.320 e. The second-order valence-electron chi connectivity index (χ2n) is 5.60. The number of carbonyl (C=O) groups excluding carboxylic acids is 1. The number of nitrogens with zero attached hydrogens (tertiary/aromatic N) is 4. The second kappa shape index (κ2) is 6.84. The molecular formula is C17H19N5OS. The number of carbonyl (C=O) groups is 1. The number of hydrogen-bond acceptors (Lipinski definition) is 4. The van der Waals surface area contributed by atoms with E-state index in [2.05, 4.69) is 39.8 Å². The molecule has 124 valence electrons. The van der Waals surface area contributed by atoms with Crippen LogP contribution in [0, 0.1) is 6.92 Å². The zero-order chi connectivity index (χ0) is 17.1. The Morgan fingerprint density at radius 3 is 2.88 bits per heavy atom. The minimum Gasteiger partial charge on any atom is -0.320 e. The normalized spacial score (nSPS) is 10.6. The first-order chi connectivity index (χ1) is 11.5. The minimum atomic E-state index is -0.182. The zero-order valence-corrected chi connectivity index (χ0v) is 14.7. The van der Waals surface area contributed by atoms with Crippen molar-refractivity contribution in [3.8, 4) is 10.4 Å². The van der Waals surface area contributed by atoms with Gasteiger partial charge in [-0.05, 0) is 41.6 Å². The summed E-state index contributed by atoms with van der Waals surface area (Å²) in [5.41, 5.74) is 3.12. The van der Waals surface area contributed by atoms with Gasteiger partial charge < -0.3 is 10.2 Å². The summed E-state index contributed by atoms with van der Waals surface area (Å²) in [6.07, 6.45) is 1.48. The molecule has 0 aliphatic rings. The van der Waals surface area contributed by atoms with Crippen LogP contribution in [0.25, 0.3) is 10.4 Å². The summed E-state index contributed by atoms with van der Waals surface area (Å²) in [5.74, 6) is 0.732. The van der Waals surface area contributed by atoms with Crippen LogP contribution in [-0.2, 0) is 13.6 Å². The van der Waals surface area contributed by atoms with Crippen molar-refractivity contribution in [1.82, 2.24) is 19.7 Å². The van der Waals surface area contributed by atoms with Crippen LogP contribution in [0.2, 0.25) is 0 Å². The molecule has 0 aliphatic heterocycles. The molecule has 2 amide bonds. The average Bonchev–Trinajstić information content (AvgIpc) is 3.16. The Hall–Kier alpha value is -2.67. The molecule has 0 unspecified atom stereocenters. The topological polar surface area (TPSA) is 63.1 Å². The van der Waals surface area contributed by atoms with E-state index >= 15 is 0 Å². The van der Waals surface area contributed by atoms with E-state index in [-0.39, 0.29) is 6.03 Å². The van der Waals surface area contributed by atoms with Gasteiger partial charge in [0, 0.05) is 24.7 Å². The zero-order valence-electron chi connectivity index (χ0n) is 13.9. The first-order valence-electron chi connectivity index (χ1n) is 7.54. The Morgan fingerprint density at radius 2 is 2.21 bits per heavy atom. The van der Waals surface area contributed by atoms with Gasteiger partial charge >= 0.3 is 6.03 Å². The molecular weight excluding hydrogens is 322 g/mol. The van der Waals surface area contributed by atoms with E-state index in [1.807, 2.05) is 18.2 Å². The lowest BCUT2D eigenvalue weighted by Gasteiger charge is -2.17. The molecule has 0 saturated heterocycles. The lowest BCUT2D eigenvalue weighted by atomic mass is 10.1. The van der Waals surface area contributed by atoms with Crippen molar-refractivity contribution in [2.75, 3.05) is 12.4 Å². The lowest BCUT2D eigenvalue weighted by molar-refractivity contribution is 0.219. The second-order valence-corrected chi connectivity index (χ2v) is 6.52. The Kier molecular flexibility index (Phi) is 4.61. The van der Waals surface area contributed by atoms with Gasteiger partial charge in [0.1, 0.15) is 12.2 Å². The van der Waals surface area contributed by atoms with E-state index in [0.29, 0.717) is 6.54 Å². The van der Waals surface area contributed by atoms with E-state index < -0.39 is 0 Å². The van der Waals surface area contributed by atoms with Crippen molar-refractivity contribution in [3.05, 3.63) is 53.4 Å². The van der Waals surface area contributed by atoms with Crippen LogP contribution in [0.4, 0.5) is 10.5 Å². The number of anilines is 1. The third kappa shape index (κ3) is 3.46. The highest BCUT2D eigenvalue weighted by atomic mass is 32.1. The van der Waals surface area contributed by atoms with Crippen molar-refractivity contribution < 1.29 is 4.79 Å². The summed E-state index contributed by atoms with van der Waals surface area (Å²) in [7, 11) is 3.54. The van der Waals surface area contributed by atoms with Gasteiger partial charge in [-0.1, -0.05) is 12.1 Å². The molecule has 6 nitrogen and oxygen atoms in total. The first kappa shape index (κ1) is 16.2. The van der Waals surface area contributed by atoms with Crippen LogP contribution in [0.3, 0.4) is 0 Å². The van der Waals surface area contributed by atoms with Crippen LogP contribution in [-0.4, -0.2) is 32.7 Å². The first-order valence-corrected chi connectivity index (χ1v) is 8.42. The van der Waals surface area contributed by atoms with Crippen LogP contribution in [0.1, 0.15) is 11.4 Å². The number of urea groups is 1. The van der Waals surface area contributed by atoms with Crippen molar-refractivity contribution >= 4 is 23.1 Å². The standard InChI is InChI=1S/C17H19N5OS/c1-12-7-8-24-16(12)13-5-4-6-14(9-13)20-17(23)21(2)10-15-18-11-19-22(15)3/h4-9,11H,10H2,1-3H3,(H,20,23). The monoisotopic (exact) mass is 341 g/mol. The average molecular weight is 341 g/mol. The predicted octanol–water partition coefficient (Wildman–Crippen LogP) is 3.52. The fourth-order valence-corrected chi connectivity index (χ4v) is 3.30. The number of thiophene rings is 1. The Balaban J connectivity index is 1.70. The van der Waals surface area contributed by atoms with Gasteiger partial charge in [0.15, 0.2) is 0 Å². The highest BCUT2D eigenvalue weighted by molar-refractivity contribution is 7.13. The molecule has 0 spiro atoms. The number of aryl methyl sites for hydroxylation is 2. The lowest BCUT2D eigenvalue weighted by Crippen LogP contribution is -2.31. The number of rotatable bonds is 4. The molecule has 0 atom stereocenters. The van der Waals surface area contributed by atoms with Crippen LogP contribution >= 0.6 is 11.3 Å². The van der Waals surface area contributed by atoms with Crippen LogP contribution in [0.15, 0.2) is 42.0 Å². The largest absolute Gasteiger partial charge is 0.321 e. The van der Waals surface area contributed by atoms with Crippen molar-refractivity contribution in [1.29, 1.82) is 0 Å². The molecule has 1 aromatic carbocycles. The quantitative estimate of drug-likeness (QED) is 0.790. The Morgan fingerprint density at radius 1 is 1.38 bits per heavy atom. The number of amides is 2. The molecule has 7 heteroatoms. The van der Waals surface area contributed by atoms with Crippen LogP contribution in [0.5, 0.6) is 0 Å². The van der Waals surface area contributed by atoms with Gasteiger partial charge in [-0.25, -0.2) is 9.78 Å². The summed E-state index contributed by atoms with van der Waals surface area (Å²) in [4.78, 5) is 19.3. The molecule has 0 saturated carbocycles. The minimum absolute atomic E-state index is 0.182. The van der Waals surface area contributed by atoms with Gasteiger partial charge in [0.25, 0.3) is 0 Å². The van der Waals surface area contributed by atoms with E-state index in [1.54, 1.807) is 35.0 Å². The summed E-state index contributed by atoms with van der Waals surface area (Å²) >= 11 is 1.70. The maximum Gasteiger partial charge on any atom is 0.321 e. The van der Waals surface area contributed by atoms with Gasteiger partial charge in [0.2, 0.25) is 0 Å². The van der Waals surface area contributed by atoms with Gasteiger partial charge in [-0.15, -0.1) is 11.3 Å². The van der Waals surface area contributed by atoms with Crippen molar-refractivity contribution in [2.24, 2.45) is 7.05 Å². The third-order valence-electron chi connectivity index (χ3n) is 3.77. The molecule has 3 aromatic rings. The maximum absolute atomic E-state index is 12.4. The number of hydrogen-bond donors (Lipinski definition) is 1. The molecule has 0 fully saturated rings. The Labute approximate surface area is 144 Å². The maximum atomic E-state index is 12.4. The molecule has 2 heterocycles. The number of benzene rings is 1. The number of nitrogens with one attached hydrogen (secondary N) is 1. The summed E-state index contributed by atoms with van der Waals surface area (Å²) in [6, 6.07) is 9.80. The molecule has 0 bridgehead atoms. The molecule has 0 aliphatic carbocycles. The molecule has 24 heavy (non-hydrogen) atoms. The summed E-state index contributed by atoms with van der Waals surface area (Å²) in [5, 5.41) is 9.01. The molecule has 3 rings (SSSR count). The van der Waals surface area contributed by atoms with E-state index in [9.17, 15) is 4.79 Å². The van der Waals surface area contributed by atoms with Crippen LogP contribution < -0.4 is 5.32 Å². The summed E-state index contributed by atoms with van der Waals surface area (Å²) < 4.78 is 1.66. The molecule has 1 N–H and O–H groups in total.